The summed E-state index contributed by atoms with van der Waals surface area (Å²) in [7, 11) is -1.94. The van der Waals surface area contributed by atoms with Crippen LogP contribution in [0.5, 0.6) is 5.75 Å². The molecule has 1 N–H and O–H groups in total. The van der Waals surface area contributed by atoms with Gasteiger partial charge in [0.2, 0.25) is 10.0 Å². The maximum Gasteiger partial charge on any atom is 0.271 e. The summed E-state index contributed by atoms with van der Waals surface area (Å²) < 4.78 is 32.2. The third-order valence-electron chi connectivity index (χ3n) is 5.29. The molecule has 0 fully saturated rings. The number of sulfonamides is 1. The lowest BCUT2D eigenvalue weighted by molar-refractivity contribution is 0.0955. The van der Waals surface area contributed by atoms with Crippen molar-refractivity contribution in [1.29, 1.82) is 0 Å². The van der Waals surface area contributed by atoms with Gasteiger partial charge in [-0.1, -0.05) is 24.3 Å². The van der Waals surface area contributed by atoms with Crippen molar-refractivity contribution >= 4 is 43.3 Å². The molecule has 3 aromatic carbocycles. The van der Waals surface area contributed by atoms with E-state index in [1.54, 1.807) is 38.3 Å². The van der Waals surface area contributed by atoms with Crippen molar-refractivity contribution in [2.24, 2.45) is 5.10 Å². The van der Waals surface area contributed by atoms with Gasteiger partial charge in [0.1, 0.15) is 5.75 Å². The maximum absolute atomic E-state index is 12.6. The van der Waals surface area contributed by atoms with Gasteiger partial charge in [-0.15, -0.1) is 0 Å². The molecule has 0 radical (unpaired) electrons. The van der Waals surface area contributed by atoms with Gasteiger partial charge in [0.25, 0.3) is 5.91 Å². The van der Waals surface area contributed by atoms with Gasteiger partial charge < -0.3 is 4.74 Å². The number of hydrogen-bond donors (Lipinski definition) is 1. The molecule has 0 saturated heterocycles. The van der Waals surface area contributed by atoms with E-state index in [2.05, 4.69) is 26.5 Å². The van der Waals surface area contributed by atoms with E-state index in [0.29, 0.717) is 22.7 Å². The normalized spacial score (nSPS) is 11.7. The van der Waals surface area contributed by atoms with E-state index < -0.39 is 15.9 Å². The fourth-order valence-corrected chi connectivity index (χ4v) is 4.70. The molecule has 0 aliphatic heterocycles. The number of nitrogens with one attached hydrogen (secondary N) is 1. The molecule has 0 heterocycles. The highest BCUT2D eigenvalue weighted by Crippen LogP contribution is 2.26. The van der Waals surface area contributed by atoms with Crippen molar-refractivity contribution < 1.29 is 17.9 Å². The Bertz CT molecular complexity index is 1320. The number of halogens is 1. The number of ether oxygens (including phenoxy) is 1. The first kappa shape index (κ1) is 25.5. The number of amides is 1. The molecule has 0 saturated carbocycles. The second-order valence-corrected chi connectivity index (χ2v) is 10.5. The molecule has 1 amide bonds. The molecule has 7 nitrogen and oxygen atoms in total. The number of carbonyl (C=O) groups excluding carboxylic acids is 1. The summed E-state index contributed by atoms with van der Waals surface area (Å²) in [6, 6.07) is 19.5. The van der Waals surface area contributed by atoms with Crippen molar-refractivity contribution in [3.05, 3.63) is 93.5 Å². The van der Waals surface area contributed by atoms with Crippen LogP contribution in [0.3, 0.4) is 0 Å². The number of nitrogens with zero attached hydrogens (tertiary/aromatic N) is 2. The van der Waals surface area contributed by atoms with Gasteiger partial charge in [0.15, 0.2) is 0 Å². The molecular formula is C25H26BrN3O4S. The predicted molar refractivity (Wildman–Crippen MR) is 139 cm³/mol. The Hall–Kier alpha value is -3.17. The second kappa shape index (κ2) is 10.8. The zero-order valence-electron chi connectivity index (χ0n) is 19.4. The van der Waals surface area contributed by atoms with E-state index in [1.165, 1.54) is 10.6 Å². The summed E-state index contributed by atoms with van der Waals surface area (Å²) in [6.45, 7) is 3.93. The highest BCUT2D eigenvalue weighted by molar-refractivity contribution is 9.10. The molecule has 34 heavy (non-hydrogen) atoms. The molecule has 0 aliphatic rings. The smallest absolute Gasteiger partial charge is 0.271 e. The predicted octanol–water partition coefficient (Wildman–Crippen LogP) is 4.89. The summed E-state index contributed by atoms with van der Waals surface area (Å²) >= 11 is 3.44. The lowest BCUT2D eigenvalue weighted by Crippen LogP contribution is -2.29. The first-order valence-electron chi connectivity index (χ1n) is 10.4. The number of aryl methyl sites for hydroxylation is 1. The van der Waals surface area contributed by atoms with Crippen molar-refractivity contribution in [3.63, 3.8) is 0 Å². The lowest BCUT2D eigenvalue weighted by Gasteiger charge is -2.23. The average molecular weight is 544 g/mol. The molecule has 0 unspecified atom stereocenters. The van der Waals surface area contributed by atoms with Gasteiger partial charge in [-0.05, 0) is 88.9 Å². The SMILES string of the molecule is COc1ccc(/C(C)=N\NC(=O)c2ccc(N(Cc3ccccc3C)S(C)(=O)=O)cc2)cc1Br. The topological polar surface area (TPSA) is 88.1 Å². The summed E-state index contributed by atoms with van der Waals surface area (Å²) in [5.74, 6) is 0.300. The Morgan fingerprint density at radius 2 is 1.71 bits per heavy atom. The van der Waals surface area contributed by atoms with Gasteiger partial charge >= 0.3 is 0 Å². The number of anilines is 1. The molecular weight excluding hydrogens is 518 g/mol. The van der Waals surface area contributed by atoms with Gasteiger partial charge in [-0.2, -0.15) is 5.10 Å². The van der Waals surface area contributed by atoms with Gasteiger partial charge in [-0.3, -0.25) is 9.10 Å². The third-order valence-corrected chi connectivity index (χ3v) is 7.05. The Kier molecular flexibility index (Phi) is 8.11. The Labute approximate surface area is 208 Å². The van der Waals surface area contributed by atoms with E-state index in [9.17, 15) is 13.2 Å². The zero-order chi connectivity index (χ0) is 24.9. The first-order valence-corrected chi connectivity index (χ1v) is 13.0. The Balaban J connectivity index is 1.75. The molecule has 3 aromatic rings. The van der Waals surface area contributed by atoms with Crippen molar-refractivity contribution in [1.82, 2.24) is 5.43 Å². The van der Waals surface area contributed by atoms with Crippen molar-refractivity contribution in [2.75, 3.05) is 17.7 Å². The zero-order valence-corrected chi connectivity index (χ0v) is 21.8. The molecule has 0 bridgehead atoms. The Morgan fingerprint density at radius 1 is 1.06 bits per heavy atom. The average Bonchev–Trinajstić information content (AvgIpc) is 2.81. The van der Waals surface area contributed by atoms with E-state index in [0.717, 1.165) is 21.2 Å². The third kappa shape index (κ3) is 6.24. The quantitative estimate of drug-likeness (QED) is 0.323. The number of carbonyl (C=O) groups is 1. The summed E-state index contributed by atoms with van der Waals surface area (Å²) in [6.07, 6.45) is 1.17. The summed E-state index contributed by atoms with van der Waals surface area (Å²) in [4.78, 5) is 12.6. The highest BCUT2D eigenvalue weighted by Gasteiger charge is 2.19. The van der Waals surface area contributed by atoms with Gasteiger partial charge in [0, 0.05) is 5.56 Å². The molecule has 3 rings (SSSR count). The van der Waals surface area contributed by atoms with Gasteiger partial charge in [-0.25, -0.2) is 13.8 Å². The molecule has 0 spiro atoms. The van der Waals surface area contributed by atoms with Crippen LogP contribution < -0.4 is 14.5 Å². The second-order valence-electron chi connectivity index (χ2n) is 7.73. The fourth-order valence-electron chi connectivity index (χ4n) is 3.28. The van der Waals surface area contributed by atoms with Crippen LogP contribution in [-0.4, -0.2) is 33.4 Å². The number of hydrogen-bond acceptors (Lipinski definition) is 5. The molecule has 0 aromatic heterocycles. The summed E-state index contributed by atoms with van der Waals surface area (Å²) in [5.41, 5.74) is 6.73. The van der Waals surface area contributed by atoms with E-state index in [-0.39, 0.29) is 6.54 Å². The molecule has 0 aliphatic carbocycles. The van der Waals surface area contributed by atoms with E-state index in [1.807, 2.05) is 49.4 Å². The molecule has 0 atom stereocenters. The van der Waals surface area contributed by atoms with Crippen LogP contribution in [0, 0.1) is 6.92 Å². The molecule has 178 valence electrons. The molecule has 9 heteroatoms. The minimum atomic E-state index is -3.53. The fraction of sp³-hybridized carbons (Fsp3) is 0.200. The van der Waals surface area contributed by atoms with E-state index in [4.69, 9.17) is 4.74 Å². The van der Waals surface area contributed by atoms with Crippen LogP contribution >= 0.6 is 15.9 Å². The minimum absolute atomic E-state index is 0.206. The standard InChI is InChI=1S/C25H26BrN3O4S/c1-17-7-5-6-8-21(17)16-29(34(4,31)32)22-12-9-19(10-13-22)25(30)28-27-18(2)20-11-14-24(33-3)23(26)15-20/h5-15H,16H2,1-4H3,(H,28,30)/b27-18-. The number of benzene rings is 3. The van der Waals surface area contributed by atoms with Crippen LogP contribution in [-0.2, 0) is 16.6 Å². The Morgan fingerprint density at radius 3 is 2.29 bits per heavy atom. The van der Waals surface area contributed by atoms with Gasteiger partial charge in [0.05, 0.1) is 35.8 Å². The van der Waals surface area contributed by atoms with Crippen LogP contribution in [0.1, 0.15) is 34.0 Å². The lowest BCUT2D eigenvalue weighted by atomic mass is 10.1. The minimum Gasteiger partial charge on any atom is -0.496 e. The summed E-state index contributed by atoms with van der Waals surface area (Å²) in [5, 5.41) is 4.18. The number of rotatable bonds is 8. The van der Waals surface area contributed by atoms with E-state index >= 15 is 0 Å². The van der Waals surface area contributed by atoms with Crippen molar-refractivity contribution in [2.45, 2.75) is 20.4 Å². The van der Waals surface area contributed by atoms with Crippen LogP contribution in [0.2, 0.25) is 0 Å². The number of methoxy groups -OCH3 is 1. The number of hydrazone groups is 1. The largest absolute Gasteiger partial charge is 0.496 e. The van der Waals surface area contributed by atoms with Crippen molar-refractivity contribution in [3.8, 4) is 5.75 Å². The monoisotopic (exact) mass is 543 g/mol. The van der Waals surface area contributed by atoms with Crippen LogP contribution in [0.4, 0.5) is 5.69 Å². The van der Waals surface area contributed by atoms with Crippen LogP contribution in [0.15, 0.2) is 76.3 Å². The highest BCUT2D eigenvalue weighted by atomic mass is 79.9. The maximum atomic E-state index is 12.6. The first-order chi connectivity index (χ1) is 16.1. The van der Waals surface area contributed by atoms with Crippen LogP contribution in [0.25, 0.3) is 0 Å².